The van der Waals surface area contributed by atoms with Crippen LogP contribution in [0.2, 0.25) is 0 Å². The second-order valence-electron chi connectivity index (χ2n) is 6.80. The Morgan fingerprint density at radius 1 is 1.10 bits per heavy atom. The molecule has 0 amide bonds. The Kier molecular flexibility index (Phi) is 3.28. The number of hydrogen-bond donors (Lipinski definition) is 1. The zero-order valence-corrected chi connectivity index (χ0v) is 12.7. The molecule has 3 nitrogen and oxygen atoms in total. The molecule has 0 unspecified atom stereocenters. The van der Waals surface area contributed by atoms with Gasteiger partial charge in [0, 0.05) is 19.3 Å². The normalized spacial score (nSPS) is 32.3. The van der Waals surface area contributed by atoms with Crippen molar-refractivity contribution in [2.45, 2.75) is 58.0 Å². The third-order valence-corrected chi connectivity index (χ3v) is 5.63. The average molecular weight is 286 g/mol. The monoisotopic (exact) mass is 286 g/mol. The molecule has 0 heterocycles. The zero-order valence-electron chi connectivity index (χ0n) is 12.7. The van der Waals surface area contributed by atoms with Gasteiger partial charge >= 0.3 is 0 Å². The van der Waals surface area contributed by atoms with Gasteiger partial charge in [0.15, 0.2) is 0 Å². The number of aliphatic hydroxyl groups is 1. The Labute approximate surface area is 125 Å². The van der Waals surface area contributed by atoms with E-state index in [2.05, 4.69) is 0 Å². The molecule has 1 aromatic rings. The third kappa shape index (κ3) is 2.06. The van der Waals surface area contributed by atoms with E-state index in [1.165, 1.54) is 0 Å². The summed E-state index contributed by atoms with van der Waals surface area (Å²) in [6, 6.07) is 6.11. The van der Waals surface area contributed by atoms with Crippen molar-refractivity contribution in [1.29, 1.82) is 0 Å². The molecule has 0 spiro atoms. The van der Waals surface area contributed by atoms with Gasteiger partial charge in [0.1, 0.15) is 11.6 Å². The molecule has 0 aliphatic heterocycles. The maximum atomic E-state index is 12.6. The molecule has 0 bridgehead atoms. The number of fused-ring (bicyclic) bond motifs is 1. The van der Waals surface area contributed by atoms with Crippen molar-refractivity contribution in [1.82, 2.24) is 0 Å². The van der Waals surface area contributed by atoms with Crippen molar-refractivity contribution in [3.63, 3.8) is 0 Å². The van der Waals surface area contributed by atoms with E-state index < -0.39 is 11.0 Å². The number of benzene rings is 1. The highest BCUT2D eigenvalue weighted by Gasteiger charge is 2.61. The first-order chi connectivity index (χ1) is 9.88. The first-order valence-corrected chi connectivity index (χ1v) is 7.70. The van der Waals surface area contributed by atoms with Crippen molar-refractivity contribution in [2.24, 2.45) is 5.41 Å². The number of aryl methyl sites for hydroxylation is 2. The van der Waals surface area contributed by atoms with Crippen molar-refractivity contribution >= 4 is 11.6 Å². The van der Waals surface area contributed by atoms with E-state index in [-0.39, 0.29) is 18.0 Å². The highest BCUT2D eigenvalue weighted by atomic mass is 16.3. The summed E-state index contributed by atoms with van der Waals surface area (Å²) in [7, 11) is 0. The number of carbonyl (C=O) groups is 2. The van der Waals surface area contributed by atoms with Crippen LogP contribution in [0.1, 0.15) is 48.8 Å². The topological polar surface area (TPSA) is 54.4 Å². The summed E-state index contributed by atoms with van der Waals surface area (Å²) < 4.78 is 0. The van der Waals surface area contributed by atoms with Crippen molar-refractivity contribution in [3.8, 4) is 0 Å². The highest BCUT2D eigenvalue weighted by Crippen LogP contribution is 2.54. The minimum atomic E-state index is -1.13. The van der Waals surface area contributed by atoms with Gasteiger partial charge in [-0.3, -0.25) is 9.59 Å². The van der Waals surface area contributed by atoms with Crippen LogP contribution in [-0.2, 0) is 16.0 Å². The molecule has 2 aliphatic carbocycles. The van der Waals surface area contributed by atoms with E-state index in [4.69, 9.17) is 0 Å². The van der Waals surface area contributed by atoms with Crippen LogP contribution in [-0.4, -0.2) is 22.3 Å². The lowest BCUT2D eigenvalue weighted by Gasteiger charge is -2.44. The van der Waals surface area contributed by atoms with E-state index in [1.54, 1.807) is 0 Å². The van der Waals surface area contributed by atoms with Crippen molar-refractivity contribution in [2.75, 3.05) is 0 Å². The number of carbonyl (C=O) groups excluding carboxylic acids is 2. The van der Waals surface area contributed by atoms with Crippen LogP contribution >= 0.6 is 0 Å². The van der Waals surface area contributed by atoms with Gasteiger partial charge in [-0.2, -0.15) is 0 Å². The lowest BCUT2D eigenvalue weighted by Crippen LogP contribution is -2.53. The third-order valence-electron chi connectivity index (χ3n) is 5.63. The number of hydrogen-bond acceptors (Lipinski definition) is 3. The van der Waals surface area contributed by atoms with Crippen LogP contribution in [0.15, 0.2) is 18.2 Å². The van der Waals surface area contributed by atoms with Gasteiger partial charge in [-0.1, -0.05) is 18.2 Å². The fraction of sp³-hybridized carbons (Fsp3) is 0.556. The Morgan fingerprint density at radius 3 is 2.43 bits per heavy atom. The zero-order chi connectivity index (χ0) is 15.3. The van der Waals surface area contributed by atoms with Crippen LogP contribution in [0, 0.1) is 19.3 Å². The highest BCUT2D eigenvalue weighted by molar-refractivity contribution is 5.93. The predicted molar refractivity (Wildman–Crippen MR) is 80.1 cm³/mol. The summed E-state index contributed by atoms with van der Waals surface area (Å²) >= 11 is 0. The average Bonchev–Trinajstić information content (AvgIpc) is 2.67. The minimum Gasteiger partial charge on any atom is -0.388 e. The van der Waals surface area contributed by atoms with Crippen molar-refractivity contribution in [3.05, 3.63) is 34.9 Å². The summed E-state index contributed by atoms with van der Waals surface area (Å²) in [6.45, 7) is 4.09. The van der Waals surface area contributed by atoms with Gasteiger partial charge < -0.3 is 5.11 Å². The maximum Gasteiger partial charge on any atom is 0.142 e. The summed E-state index contributed by atoms with van der Waals surface area (Å²) in [5, 5.41) is 11.0. The Balaban J connectivity index is 2.05. The fourth-order valence-corrected chi connectivity index (χ4v) is 4.24. The number of rotatable bonds is 2. The summed E-state index contributed by atoms with van der Waals surface area (Å²) in [5.74, 6) is 0.226. The lowest BCUT2D eigenvalue weighted by atomic mass is 9.61. The molecule has 2 saturated carbocycles. The maximum absolute atomic E-state index is 12.6. The molecule has 0 radical (unpaired) electrons. The summed E-state index contributed by atoms with van der Waals surface area (Å²) in [5.41, 5.74) is 1.58. The number of ketones is 2. The molecule has 2 atom stereocenters. The van der Waals surface area contributed by atoms with Crippen molar-refractivity contribution < 1.29 is 14.7 Å². The quantitative estimate of drug-likeness (QED) is 0.909. The van der Waals surface area contributed by atoms with Crippen LogP contribution < -0.4 is 0 Å². The van der Waals surface area contributed by atoms with Gasteiger partial charge in [0.05, 0.1) is 11.0 Å². The second-order valence-corrected chi connectivity index (χ2v) is 6.80. The molecule has 1 N–H and O–H groups in total. The molecule has 0 saturated heterocycles. The van der Waals surface area contributed by atoms with Gasteiger partial charge in [-0.05, 0) is 49.8 Å². The Bertz CT molecular complexity index is 599. The van der Waals surface area contributed by atoms with Crippen LogP contribution in [0.25, 0.3) is 0 Å². The molecule has 2 aliphatic rings. The minimum absolute atomic E-state index is 0.0873. The van der Waals surface area contributed by atoms with E-state index in [0.29, 0.717) is 32.1 Å². The summed E-state index contributed by atoms with van der Waals surface area (Å²) in [6.07, 6.45) is 2.45. The van der Waals surface area contributed by atoms with E-state index >= 15 is 0 Å². The molecule has 3 heteroatoms. The van der Waals surface area contributed by atoms with Gasteiger partial charge in [0.2, 0.25) is 0 Å². The molecular formula is C18H22O3. The largest absolute Gasteiger partial charge is 0.388 e. The van der Waals surface area contributed by atoms with E-state index in [1.807, 2.05) is 32.0 Å². The fourth-order valence-electron chi connectivity index (χ4n) is 4.24. The van der Waals surface area contributed by atoms with Gasteiger partial charge in [0.25, 0.3) is 0 Å². The Morgan fingerprint density at radius 2 is 1.76 bits per heavy atom. The van der Waals surface area contributed by atoms with Crippen LogP contribution in [0.5, 0.6) is 0 Å². The molecule has 2 fully saturated rings. The van der Waals surface area contributed by atoms with Gasteiger partial charge in [-0.15, -0.1) is 0 Å². The smallest absolute Gasteiger partial charge is 0.142 e. The summed E-state index contributed by atoms with van der Waals surface area (Å²) in [4.78, 5) is 24.4. The second kappa shape index (κ2) is 4.77. The first-order valence-electron chi connectivity index (χ1n) is 7.70. The molecule has 1 aromatic carbocycles. The molecular weight excluding hydrogens is 264 g/mol. The molecule has 3 rings (SSSR count). The molecule has 21 heavy (non-hydrogen) atoms. The first kappa shape index (κ1) is 14.5. The Hall–Kier alpha value is -1.48. The van der Waals surface area contributed by atoms with E-state index in [9.17, 15) is 14.7 Å². The van der Waals surface area contributed by atoms with Crippen LogP contribution in [0.3, 0.4) is 0 Å². The molecule has 0 aromatic heterocycles. The number of Topliss-reactive ketones (excluding diaryl/α,β-unsaturated/α-hetero) is 2. The molecule has 112 valence electrons. The van der Waals surface area contributed by atoms with E-state index in [0.717, 1.165) is 16.7 Å². The lowest BCUT2D eigenvalue weighted by molar-refractivity contribution is -0.151. The van der Waals surface area contributed by atoms with Gasteiger partial charge in [-0.25, -0.2) is 0 Å². The standard InChI is InChI=1S/C18H22O3/c1-12-4-3-5-13(2)15(12)11-17-8-6-14(19)10-18(17,21)9-7-16(17)20/h3-5,21H,6-11H2,1-2H3/t17-,18-/m0/s1. The van der Waals surface area contributed by atoms with Crippen LogP contribution in [0.4, 0.5) is 0 Å². The SMILES string of the molecule is Cc1cccc(C)c1C[C@]12CCC(=O)C[C@@]1(O)CCC2=O. The predicted octanol–water partition coefficient (Wildman–Crippen LogP) is 2.68.